The summed E-state index contributed by atoms with van der Waals surface area (Å²) in [6.45, 7) is 0. The van der Waals surface area contributed by atoms with E-state index in [-0.39, 0.29) is 17.8 Å². The molecule has 6 N–H and O–H groups in total. The van der Waals surface area contributed by atoms with E-state index in [1.807, 2.05) is 0 Å². The zero-order valence-electron chi connectivity index (χ0n) is 7.39. The van der Waals surface area contributed by atoms with Crippen LogP contribution >= 0.6 is 0 Å². The number of nitrogen functional groups attached to an aromatic ring is 3. The summed E-state index contributed by atoms with van der Waals surface area (Å²) in [7, 11) is 0. The highest BCUT2D eigenvalue weighted by Crippen LogP contribution is 2.05. The van der Waals surface area contributed by atoms with Gasteiger partial charge in [0, 0.05) is 0 Å². The number of hydrogen-bond acceptors (Lipinski definition) is 9. The average Bonchev–Trinajstić information content (AvgIpc) is 2.73. The van der Waals surface area contributed by atoms with Crippen LogP contribution < -0.4 is 17.2 Å². The van der Waals surface area contributed by atoms with Gasteiger partial charge in [-0.15, -0.1) is 25.1 Å². The average molecular weight is 209 g/mol. The van der Waals surface area contributed by atoms with Crippen molar-refractivity contribution < 1.29 is 0 Å². The Morgan fingerprint density at radius 1 is 0.933 bits per heavy atom. The second kappa shape index (κ2) is 3.21. The number of nitrogens with two attached hydrogens (primary N) is 3. The topological polar surface area (TPSA) is 164 Å². The largest absolute Gasteiger partial charge is 0.366 e. The van der Waals surface area contributed by atoms with E-state index in [4.69, 9.17) is 17.2 Å². The van der Waals surface area contributed by atoms with Crippen LogP contribution in [-0.2, 0) is 0 Å². The maximum absolute atomic E-state index is 5.40. The minimum absolute atomic E-state index is 0.0166. The van der Waals surface area contributed by atoms with Gasteiger partial charge < -0.3 is 17.2 Å². The van der Waals surface area contributed by atoms with Crippen molar-refractivity contribution in [1.29, 1.82) is 0 Å². The maximum Gasteiger partial charge on any atom is 0.246 e. The van der Waals surface area contributed by atoms with Gasteiger partial charge in [-0.2, -0.15) is 4.68 Å². The molecule has 2 rings (SSSR count). The predicted molar refractivity (Wildman–Crippen MR) is 48.9 cm³/mol. The summed E-state index contributed by atoms with van der Waals surface area (Å²) in [4.78, 5) is 0. The van der Waals surface area contributed by atoms with Crippen LogP contribution in [0.25, 0.3) is 0 Å². The first-order chi connectivity index (χ1) is 7.18. The molecule has 0 fully saturated rings. The molecule has 0 atom stereocenters. The molecule has 0 saturated heterocycles. The van der Waals surface area contributed by atoms with Crippen LogP contribution in [0.15, 0.2) is 16.8 Å². The first-order valence-electron chi connectivity index (χ1n) is 3.72. The number of anilines is 3. The fourth-order valence-corrected chi connectivity index (χ4v) is 0.787. The Labute approximate surface area is 82.5 Å². The number of rotatable bonds is 2. The SMILES string of the molecule is Nc1nncn1/N=N/n1c(N)nnc1N. The first-order valence-corrected chi connectivity index (χ1v) is 3.72. The second-order valence-corrected chi connectivity index (χ2v) is 2.44. The van der Waals surface area contributed by atoms with E-state index in [9.17, 15) is 0 Å². The van der Waals surface area contributed by atoms with Crippen molar-refractivity contribution in [1.82, 2.24) is 29.7 Å². The minimum Gasteiger partial charge on any atom is -0.366 e. The smallest absolute Gasteiger partial charge is 0.246 e. The van der Waals surface area contributed by atoms with Crippen LogP contribution in [0.4, 0.5) is 17.8 Å². The summed E-state index contributed by atoms with van der Waals surface area (Å²) >= 11 is 0. The normalized spacial score (nSPS) is 11.2. The summed E-state index contributed by atoms with van der Waals surface area (Å²) in [6.07, 6.45) is 1.27. The quantitative estimate of drug-likeness (QED) is 0.495. The third-order valence-electron chi connectivity index (χ3n) is 1.47. The minimum atomic E-state index is 0.0166. The first kappa shape index (κ1) is 8.86. The van der Waals surface area contributed by atoms with E-state index in [0.29, 0.717) is 0 Å². The van der Waals surface area contributed by atoms with Gasteiger partial charge in [0.2, 0.25) is 17.8 Å². The fourth-order valence-electron chi connectivity index (χ4n) is 0.787. The van der Waals surface area contributed by atoms with Gasteiger partial charge in [-0.1, -0.05) is 0 Å². The molecule has 0 saturated carbocycles. The summed E-state index contributed by atoms with van der Waals surface area (Å²) in [5.74, 6) is 0.120. The molecular weight excluding hydrogens is 202 g/mol. The van der Waals surface area contributed by atoms with Gasteiger partial charge in [0.15, 0.2) is 0 Å². The van der Waals surface area contributed by atoms with Gasteiger partial charge in [-0.3, -0.25) is 0 Å². The van der Waals surface area contributed by atoms with Crippen molar-refractivity contribution in [2.24, 2.45) is 10.4 Å². The van der Waals surface area contributed by atoms with E-state index < -0.39 is 0 Å². The number of nitrogens with zero attached hydrogens (tertiary/aromatic N) is 8. The molecule has 0 amide bonds. The zero-order chi connectivity index (χ0) is 10.8. The second-order valence-electron chi connectivity index (χ2n) is 2.44. The van der Waals surface area contributed by atoms with E-state index >= 15 is 0 Å². The molecule has 0 bridgehead atoms. The molecule has 2 heterocycles. The molecule has 0 spiro atoms. The van der Waals surface area contributed by atoms with E-state index in [1.54, 1.807) is 0 Å². The molecule has 2 aromatic heterocycles. The lowest BCUT2D eigenvalue weighted by molar-refractivity contribution is 0.700. The molecule has 0 aliphatic carbocycles. The Kier molecular flexibility index (Phi) is 1.89. The molecule has 0 aromatic carbocycles. The highest BCUT2D eigenvalue weighted by atomic mass is 15.7. The van der Waals surface area contributed by atoms with Crippen molar-refractivity contribution in [3.8, 4) is 0 Å². The maximum atomic E-state index is 5.40. The van der Waals surface area contributed by atoms with Crippen LogP contribution in [0.5, 0.6) is 0 Å². The predicted octanol–water partition coefficient (Wildman–Crippen LogP) is -1.71. The van der Waals surface area contributed by atoms with Crippen molar-refractivity contribution in [3.63, 3.8) is 0 Å². The molecule has 11 nitrogen and oxygen atoms in total. The van der Waals surface area contributed by atoms with E-state index in [0.717, 1.165) is 9.35 Å². The molecule has 78 valence electrons. The number of hydrogen-bond donors (Lipinski definition) is 3. The Morgan fingerprint density at radius 3 is 2.13 bits per heavy atom. The van der Waals surface area contributed by atoms with Crippen LogP contribution in [-0.4, -0.2) is 29.7 Å². The van der Waals surface area contributed by atoms with Crippen molar-refractivity contribution in [2.45, 2.75) is 0 Å². The van der Waals surface area contributed by atoms with Gasteiger partial charge in [-0.25, -0.2) is 0 Å². The molecule has 0 radical (unpaired) electrons. The van der Waals surface area contributed by atoms with Crippen molar-refractivity contribution in [2.75, 3.05) is 17.2 Å². The van der Waals surface area contributed by atoms with Crippen LogP contribution in [0.3, 0.4) is 0 Å². The van der Waals surface area contributed by atoms with Crippen LogP contribution in [0.2, 0.25) is 0 Å². The van der Waals surface area contributed by atoms with E-state index in [2.05, 4.69) is 30.8 Å². The molecule has 0 unspecified atom stereocenters. The molecule has 15 heavy (non-hydrogen) atoms. The van der Waals surface area contributed by atoms with Gasteiger partial charge in [0.25, 0.3) is 0 Å². The highest BCUT2D eigenvalue weighted by Gasteiger charge is 2.04. The van der Waals surface area contributed by atoms with E-state index in [1.165, 1.54) is 6.33 Å². The lowest BCUT2D eigenvalue weighted by atomic mass is 11.0. The highest BCUT2D eigenvalue weighted by molar-refractivity contribution is 5.27. The lowest BCUT2D eigenvalue weighted by Crippen LogP contribution is -2.02. The van der Waals surface area contributed by atoms with Gasteiger partial charge in [0.05, 0.1) is 0 Å². The summed E-state index contributed by atoms with van der Waals surface area (Å²) in [5, 5.41) is 21.2. The molecule has 11 heteroatoms. The summed E-state index contributed by atoms with van der Waals surface area (Å²) in [5.41, 5.74) is 16.2. The standard InChI is InChI=1S/C4H7N11/c5-2-9-8-1-14(2)12-13-15-3(6)10-11-4(15)7/h1H,(H2,5,9)(H2,6,10)(H2,7,11)/b13-12+. The summed E-state index contributed by atoms with van der Waals surface area (Å²) < 4.78 is 2.18. The van der Waals surface area contributed by atoms with Gasteiger partial charge >= 0.3 is 0 Å². The molecule has 0 aliphatic heterocycles. The third kappa shape index (κ3) is 1.52. The fraction of sp³-hybridized carbons (Fsp3) is 0. The Morgan fingerprint density at radius 2 is 1.60 bits per heavy atom. The van der Waals surface area contributed by atoms with Crippen molar-refractivity contribution in [3.05, 3.63) is 6.33 Å². The third-order valence-corrected chi connectivity index (χ3v) is 1.47. The Hall–Kier alpha value is -2.72. The molecular formula is C4H7N11. The van der Waals surface area contributed by atoms with Gasteiger partial charge in [-0.05, 0) is 10.4 Å². The van der Waals surface area contributed by atoms with Crippen LogP contribution in [0, 0.1) is 0 Å². The molecule has 0 aliphatic rings. The Bertz CT molecular complexity index is 471. The summed E-state index contributed by atoms with van der Waals surface area (Å²) in [6, 6.07) is 0. The van der Waals surface area contributed by atoms with Gasteiger partial charge in [0.1, 0.15) is 6.33 Å². The lowest BCUT2D eigenvalue weighted by Gasteiger charge is -1.94. The zero-order valence-corrected chi connectivity index (χ0v) is 7.39. The molecule has 2 aromatic rings. The monoisotopic (exact) mass is 209 g/mol. The van der Waals surface area contributed by atoms with Crippen LogP contribution in [0.1, 0.15) is 0 Å². The Balaban J connectivity index is 2.30. The van der Waals surface area contributed by atoms with Crippen molar-refractivity contribution >= 4 is 17.8 Å². The number of aromatic nitrogens is 6.